The molecule has 2 nitrogen and oxygen atoms in total. The maximum absolute atomic E-state index is 12.0. The molecule has 0 heterocycles. The molecular weight excluding hydrogens is 445 g/mol. The fourth-order valence-electron chi connectivity index (χ4n) is 1.85. The molecule has 0 spiro atoms. The Balaban J connectivity index is 2.08. The molecule has 0 aliphatic heterocycles. The average molecular weight is 464 g/mol. The molecule has 0 saturated carbocycles. The van der Waals surface area contributed by atoms with Crippen LogP contribution in [0.5, 0.6) is 5.75 Å². The van der Waals surface area contributed by atoms with Crippen LogP contribution in [0.4, 0.5) is 0 Å². The standard InChI is InChI=1S/C15H13O2.2CH3.Bi/c1-2-12-8-10-13(11-9-12)15(16)17-14-6-4-3-5-7-14;;;/h2-11H,1H3;2*1H3;. The number of carbonyl (C=O) groups excluding carboxylic acids is 1. The van der Waals surface area contributed by atoms with Crippen molar-refractivity contribution in [3.05, 3.63) is 65.7 Å². The summed E-state index contributed by atoms with van der Waals surface area (Å²) in [6.07, 6.45) is 0. The molecule has 0 fully saturated rings. The first kappa shape index (κ1) is 15.2. The van der Waals surface area contributed by atoms with Crippen molar-refractivity contribution in [1.29, 1.82) is 0 Å². The molecule has 0 aliphatic carbocycles. The molecule has 0 saturated heterocycles. The summed E-state index contributed by atoms with van der Waals surface area (Å²) in [7, 11) is 0. The van der Waals surface area contributed by atoms with E-state index in [1.165, 1.54) is 5.56 Å². The van der Waals surface area contributed by atoms with Gasteiger partial charge >= 0.3 is 129 Å². The molecule has 2 aromatic carbocycles. The second-order valence-corrected chi connectivity index (χ2v) is 15.5. The van der Waals surface area contributed by atoms with E-state index in [1.54, 1.807) is 12.1 Å². The first-order valence-corrected chi connectivity index (χ1v) is 15.6. The van der Waals surface area contributed by atoms with Crippen molar-refractivity contribution in [1.82, 2.24) is 0 Å². The zero-order valence-electron chi connectivity index (χ0n) is 12.0. The van der Waals surface area contributed by atoms with Crippen LogP contribution in [0.15, 0.2) is 54.6 Å². The molecule has 104 valence electrons. The zero-order chi connectivity index (χ0) is 14.5. The molecular formula is C17H19BiO2. The van der Waals surface area contributed by atoms with Gasteiger partial charge in [-0.1, -0.05) is 0 Å². The van der Waals surface area contributed by atoms with E-state index in [0.717, 1.165) is 0 Å². The van der Waals surface area contributed by atoms with Crippen molar-refractivity contribution >= 4 is 27.7 Å². The van der Waals surface area contributed by atoms with E-state index >= 15 is 0 Å². The predicted molar refractivity (Wildman–Crippen MR) is 83.7 cm³/mol. The molecule has 0 bridgehead atoms. The molecule has 0 N–H and O–H groups in total. The van der Waals surface area contributed by atoms with E-state index in [1.807, 2.05) is 30.3 Å². The Hall–Kier alpha value is -1.21. The first-order valence-electron chi connectivity index (χ1n) is 6.61. The molecule has 0 amide bonds. The number of carbonyl (C=O) groups is 1. The van der Waals surface area contributed by atoms with Crippen LogP contribution >= 0.6 is 0 Å². The van der Waals surface area contributed by atoms with Gasteiger partial charge in [-0.25, -0.2) is 0 Å². The van der Waals surface area contributed by atoms with Gasteiger partial charge in [0.15, 0.2) is 0 Å². The van der Waals surface area contributed by atoms with Gasteiger partial charge in [-0.15, -0.1) is 0 Å². The van der Waals surface area contributed by atoms with Crippen LogP contribution < -0.4 is 4.74 Å². The van der Waals surface area contributed by atoms with Gasteiger partial charge in [0.2, 0.25) is 0 Å². The van der Waals surface area contributed by atoms with Crippen molar-refractivity contribution in [3.8, 4) is 5.75 Å². The Labute approximate surface area is 128 Å². The third-order valence-electron chi connectivity index (χ3n) is 3.36. The van der Waals surface area contributed by atoms with Crippen molar-refractivity contribution in [2.75, 3.05) is 0 Å². The van der Waals surface area contributed by atoms with Gasteiger partial charge in [0.25, 0.3) is 0 Å². The van der Waals surface area contributed by atoms with Crippen LogP contribution in [-0.2, 0) is 0 Å². The minimum absolute atomic E-state index is 0.303. The summed E-state index contributed by atoms with van der Waals surface area (Å²) in [5, 5.41) is 0. The van der Waals surface area contributed by atoms with Crippen LogP contribution in [0.25, 0.3) is 0 Å². The van der Waals surface area contributed by atoms with Crippen molar-refractivity contribution in [3.63, 3.8) is 0 Å². The number of para-hydroxylation sites is 1. The second-order valence-electron chi connectivity index (χ2n) is 4.96. The number of esters is 1. The molecule has 3 heteroatoms. The molecule has 20 heavy (non-hydrogen) atoms. The Morgan fingerprint density at radius 2 is 1.60 bits per heavy atom. The normalized spacial score (nSPS) is 12.2. The van der Waals surface area contributed by atoms with Crippen LogP contribution in [0.3, 0.4) is 0 Å². The Morgan fingerprint density at radius 1 is 1.00 bits per heavy atom. The van der Waals surface area contributed by atoms with Crippen LogP contribution in [-0.4, -0.2) is 27.7 Å². The quantitative estimate of drug-likeness (QED) is 0.383. The summed E-state index contributed by atoms with van der Waals surface area (Å²) < 4.78 is 10.8. The molecule has 1 unspecified atom stereocenters. The zero-order valence-corrected chi connectivity index (χ0v) is 15.5. The van der Waals surface area contributed by atoms with Gasteiger partial charge in [-0.2, -0.15) is 0 Å². The number of ether oxygens (including phenoxy) is 1. The third-order valence-corrected chi connectivity index (χ3v) is 10.5. The summed E-state index contributed by atoms with van der Waals surface area (Å²) in [4.78, 5) is 12.0. The van der Waals surface area contributed by atoms with E-state index in [4.69, 9.17) is 4.74 Å². The minimum atomic E-state index is -1.30. The topological polar surface area (TPSA) is 26.3 Å². The van der Waals surface area contributed by atoms with E-state index in [0.29, 0.717) is 14.9 Å². The van der Waals surface area contributed by atoms with Gasteiger partial charge in [-0.05, 0) is 0 Å². The number of benzene rings is 2. The SMILES string of the molecule is C[CH](c1ccc(C(=O)Oc2ccccc2)cc1)[Bi]([CH3])[CH3]. The molecule has 2 rings (SSSR count). The maximum atomic E-state index is 12.0. The summed E-state index contributed by atoms with van der Waals surface area (Å²) in [6.45, 7) is 2.29. The number of hydrogen-bond acceptors (Lipinski definition) is 2. The van der Waals surface area contributed by atoms with E-state index in [2.05, 4.69) is 28.3 Å². The van der Waals surface area contributed by atoms with E-state index < -0.39 is 21.8 Å². The Bertz CT molecular complexity index is 561. The van der Waals surface area contributed by atoms with Gasteiger partial charge < -0.3 is 0 Å². The molecule has 0 aromatic heterocycles. The molecule has 0 aliphatic rings. The van der Waals surface area contributed by atoms with Gasteiger partial charge in [0, 0.05) is 0 Å². The van der Waals surface area contributed by atoms with Crippen molar-refractivity contribution in [2.24, 2.45) is 0 Å². The Kier molecular flexibility index (Phi) is 5.31. The van der Waals surface area contributed by atoms with Crippen LogP contribution in [0.1, 0.15) is 26.5 Å². The number of hydrogen-bond donors (Lipinski definition) is 0. The van der Waals surface area contributed by atoms with Crippen LogP contribution in [0.2, 0.25) is 9.26 Å². The van der Waals surface area contributed by atoms with Crippen molar-refractivity contribution < 1.29 is 9.53 Å². The molecule has 2 aromatic rings. The fourth-order valence-corrected chi connectivity index (χ4v) is 4.84. The Morgan fingerprint density at radius 3 is 2.15 bits per heavy atom. The summed E-state index contributed by atoms with van der Waals surface area (Å²) >= 11 is -1.30. The fraction of sp³-hybridized carbons (Fsp3) is 0.235. The van der Waals surface area contributed by atoms with Gasteiger partial charge in [-0.3, -0.25) is 0 Å². The van der Waals surface area contributed by atoms with E-state index in [9.17, 15) is 4.79 Å². The third kappa shape index (κ3) is 3.89. The molecule has 1 atom stereocenters. The van der Waals surface area contributed by atoms with Crippen LogP contribution in [0, 0.1) is 0 Å². The van der Waals surface area contributed by atoms with Gasteiger partial charge in [0.05, 0.1) is 0 Å². The molecule has 0 radical (unpaired) electrons. The average Bonchev–Trinajstić information content (AvgIpc) is 2.47. The summed E-state index contributed by atoms with van der Waals surface area (Å²) in [5.41, 5.74) is 1.94. The second kappa shape index (κ2) is 6.99. The monoisotopic (exact) mass is 464 g/mol. The first-order chi connectivity index (χ1) is 9.58. The predicted octanol–water partition coefficient (Wildman–Crippen LogP) is 4.30. The van der Waals surface area contributed by atoms with E-state index in [-0.39, 0.29) is 5.97 Å². The summed E-state index contributed by atoms with van der Waals surface area (Å²) in [5.74, 6) is 0.274. The number of rotatable bonds is 4. The van der Waals surface area contributed by atoms with Gasteiger partial charge in [0.1, 0.15) is 0 Å². The summed E-state index contributed by atoms with van der Waals surface area (Å²) in [6, 6.07) is 17.0. The van der Waals surface area contributed by atoms with Crippen molar-refractivity contribution in [2.45, 2.75) is 19.8 Å².